The molecule has 0 spiro atoms. The van der Waals surface area contributed by atoms with Gasteiger partial charge < -0.3 is 15.4 Å². The second-order valence-corrected chi connectivity index (χ2v) is 5.67. The summed E-state index contributed by atoms with van der Waals surface area (Å²) in [5.41, 5.74) is 1.39. The summed E-state index contributed by atoms with van der Waals surface area (Å²) in [6, 6.07) is 2.18. The Labute approximate surface area is 149 Å². The molecule has 0 aliphatic heterocycles. The maximum Gasteiger partial charge on any atom is 0.190 e. The van der Waals surface area contributed by atoms with E-state index in [0.29, 0.717) is 5.92 Å². The molecule has 0 aliphatic carbocycles. The van der Waals surface area contributed by atoms with Gasteiger partial charge in [0.25, 0.3) is 0 Å². The van der Waals surface area contributed by atoms with Crippen molar-refractivity contribution in [2.24, 2.45) is 4.99 Å². The molecule has 0 bridgehead atoms. The lowest BCUT2D eigenvalue weighted by Gasteiger charge is -2.15. The van der Waals surface area contributed by atoms with Crippen LogP contribution in [-0.2, 0) is 4.74 Å². The molecular weight excluding hydrogens is 397 g/mol. The number of ether oxygens (including phenoxy) is 1. The Kier molecular flexibility index (Phi) is 13.1. The Balaban J connectivity index is 0.00000400. The van der Waals surface area contributed by atoms with Crippen LogP contribution in [0.25, 0.3) is 0 Å². The highest BCUT2D eigenvalue weighted by Crippen LogP contribution is 2.16. The van der Waals surface area contributed by atoms with Gasteiger partial charge in [0.2, 0.25) is 0 Å². The second-order valence-electron chi connectivity index (χ2n) is 4.89. The molecule has 122 valence electrons. The standard InChI is InChI=1S/C15H27N3OS.HI/c1-13(14-7-10-20-12-14)11-18-15(16-2)17-8-5-4-6-9-19-3;/h7,10,12-13H,4-6,8-9,11H2,1-3H3,(H2,16,17,18);1H. The third kappa shape index (κ3) is 9.31. The highest BCUT2D eigenvalue weighted by molar-refractivity contribution is 14.0. The van der Waals surface area contributed by atoms with Crippen molar-refractivity contribution in [2.45, 2.75) is 32.1 Å². The van der Waals surface area contributed by atoms with Crippen LogP contribution in [0, 0.1) is 0 Å². The van der Waals surface area contributed by atoms with Gasteiger partial charge in [-0.15, -0.1) is 24.0 Å². The highest BCUT2D eigenvalue weighted by atomic mass is 127. The molecule has 1 rings (SSSR count). The van der Waals surface area contributed by atoms with E-state index in [-0.39, 0.29) is 24.0 Å². The minimum absolute atomic E-state index is 0. The van der Waals surface area contributed by atoms with E-state index in [1.165, 1.54) is 12.0 Å². The fourth-order valence-electron chi connectivity index (χ4n) is 1.90. The van der Waals surface area contributed by atoms with Gasteiger partial charge >= 0.3 is 0 Å². The van der Waals surface area contributed by atoms with Gasteiger partial charge in [-0.3, -0.25) is 4.99 Å². The summed E-state index contributed by atoms with van der Waals surface area (Å²) in [5, 5.41) is 11.1. The molecule has 0 amide bonds. The topological polar surface area (TPSA) is 45.7 Å². The van der Waals surface area contributed by atoms with Gasteiger partial charge in [0.05, 0.1) is 0 Å². The fourth-order valence-corrected chi connectivity index (χ4v) is 2.68. The molecule has 0 saturated heterocycles. The van der Waals surface area contributed by atoms with Crippen LogP contribution >= 0.6 is 35.3 Å². The van der Waals surface area contributed by atoms with E-state index in [2.05, 4.69) is 39.4 Å². The Morgan fingerprint density at radius 1 is 1.33 bits per heavy atom. The summed E-state index contributed by atoms with van der Waals surface area (Å²) in [7, 11) is 3.56. The number of thiophene rings is 1. The summed E-state index contributed by atoms with van der Waals surface area (Å²) < 4.78 is 5.04. The number of nitrogens with one attached hydrogen (secondary N) is 2. The van der Waals surface area contributed by atoms with Crippen LogP contribution in [0.2, 0.25) is 0 Å². The Bertz CT molecular complexity index is 371. The van der Waals surface area contributed by atoms with E-state index < -0.39 is 0 Å². The summed E-state index contributed by atoms with van der Waals surface area (Å²) in [6.07, 6.45) is 3.45. The molecule has 1 aromatic heterocycles. The van der Waals surface area contributed by atoms with Crippen molar-refractivity contribution in [3.8, 4) is 0 Å². The maximum absolute atomic E-state index is 5.04. The number of methoxy groups -OCH3 is 1. The Hall–Kier alpha value is -0.340. The molecule has 0 aromatic carbocycles. The van der Waals surface area contributed by atoms with E-state index in [1.807, 2.05) is 7.05 Å². The minimum atomic E-state index is 0. The first-order chi connectivity index (χ1) is 9.77. The molecule has 1 atom stereocenters. The summed E-state index contributed by atoms with van der Waals surface area (Å²) >= 11 is 1.75. The second kappa shape index (κ2) is 13.3. The number of aliphatic imine (C=N–C) groups is 1. The SMILES string of the molecule is CN=C(NCCCCCOC)NCC(C)c1ccsc1.I. The normalized spacial score (nSPS) is 12.6. The van der Waals surface area contributed by atoms with Gasteiger partial charge in [-0.2, -0.15) is 11.3 Å². The summed E-state index contributed by atoms with van der Waals surface area (Å²) in [4.78, 5) is 4.25. The number of hydrogen-bond acceptors (Lipinski definition) is 3. The average molecular weight is 425 g/mol. The lowest BCUT2D eigenvalue weighted by Crippen LogP contribution is -2.39. The van der Waals surface area contributed by atoms with Crippen LogP contribution in [0.3, 0.4) is 0 Å². The maximum atomic E-state index is 5.04. The van der Waals surface area contributed by atoms with E-state index in [9.17, 15) is 0 Å². The van der Waals surface area contributed by atoms with E-state index in [1.54, 1.807) is 18.4 Å². The number of nitrogens with zero attached hydrogens (tertiary/aromatic N) is 1. The molecule has 4 nitrogen and oxygen atoms in total. The zero-order chi connectivity index (χ0) is 14.6. The number of hydrogen-bond donors (Lipinski definition) is 2. The lowest BCUT2D eigenvalue weighted by atomic mass is 10.1. The molecule has 0 aliphatic rings. The van der Waals surface area contributed by atoms with Crippen LogP contribution in [0.4, 0.5) is 0 Å². The van der Waals surface area contributed by atoms with Gasteiger partial charge in [-0.25, -0.2) is 0 Å². The highest BCUT2D eigenvalue weighted by Gasteiger charge is 2.06. The zero-order valence-electron chi connectivity index (χ0n) is 13.2. The molecule has 21 heavy (non-hydrogen) atoms. The first kappa shape index (κ1) is 20.7. The largest absolute Gasteiger partial charge is 0.385 e. The zero-order valence-corrected chi connectivity index (χ0v) is 16.4. The molecule has 1 heterocycles. The molecular formula is C15H28IN3OS. The van der Waals surface area contributed by atoms with Crippen molar-refractivity contribution >= 4 is 41.3 Å². The van der Waals surface area contributed by atoms with Crippen molar-refractivity contribution in [3.05, 3.63) is 22.4 Å². The van der Waals surface area contributed by atoms with Crippen LogP contribution in [-0.4, -0.2) is 39.8 Å². The predicted octanol–water partition coefficient (Wildman–Crippen LogP) is 3.45. The number of halogens is 1. The van der Waals surface area contributed by atoms with Crippen LogP contribution in [0.5, 0.6) is 0 Å². The van der Waals surface area contributed by atoms with Crippen molar-refractivity contribution in [3.63, 3.8) is 0 Å². The van der Waals surface area contributed by atoms with Crippen LogP contribution < -0.4 is 10.6 Å². The quantitative estimate of drug-likeness (QED) is 0.276. The average Bonchev–Trinajstić information content (AvgIpc) is 2.99. The van der Waals surface area contributed by atoms with Gasteiger partial charge in [0.15, 0.2) is 5.96 Å². The smallest absolute Gasteiger partial charge is 0.190 e. The number of guanidine groups is 1. The first-order valence-electron chi connectivity index (χ1n) is 7.23. The summed E-state index contributed by atoms with van der Waals surface area (Å²) in [5.74, 6) is 1.39. The van der Waals surface area contributed by atoms with Crippen LogP contribution in [0.1, 0.15) is 37.7 Å². The lowest BCUT2D eigenvalue weighted by molar-refractivity contribution is 0.192. The third-order valence-corrected chi connectivity index (χ3v) is 3.93. The minimum Gasteiger partial charge on any atom is -0.385 e. The van der Waals surface area contributed by atoms with Crippen LogP contribution in [0.15, 0.2) is 21.8 Å². The molecule has 6 heteroatoms. The van der Waals surface area contributed by atoms with Crippen molar-refractivity contribution < 1.29 is 4.74 Å². The Morgan fingerprint density at radius 3 is 2.76 bits per heavy atom. The molecule has 2 N–H and O–H groups in total. The molecule has 1 aromatic rings. The molecule has 0 fully saturated rings. The molecule has 0 saturated carbocycles. The fraction of sp³-hybridized carbons (Fsp3) is 0.667. The molecule has 0 radical (unpaired) electrons. The van der Waals surface area contributed by atoms with E-state index in [0.717, 1.165) is 38.5 Å². The predicted molar refractivity (Wildman–Crippen MR) is 103 cm³/mol. The number of rotatable bonds is 9. The van der Waals surface area contributed by atoms with Crippen molar-refractivity contribution in [1.82, 2.24) is 10.6 Å². The number of unbranched alkanes of at least 4 members (excludes halogenated alkanes) is 2. The Morgan fingerprint density at radius 2 is 2.14 bits per heavy atom. The van der Waals surface area contributed by atoms with Crippen molar-refractivity contribution in [2.75, 3.05) is 33.9 Å². The van der Waals surface area contributed by atoms with Crippen molar-refractivity contribution in [1.29, 1.82) is 0 Å². The van der Waals surface area contributed by atoms with Gasteiger partial charge in [0.1, 0.15) is 0 Å². The van der Waals surface area contributed by atoms with E-state index in [4.69, 9.17) is 4.74 Å². The summed E-state index contributed by atoms with van der Waals surface area (Å²) in [6.45, 7) is 4.94. The van der Waals surface area contributed by atoms with E-state index >= 15 is 0 Å². The third-order valence-electron chi connectivity index (χ3n) is 3.23. The molecule has 1 unspecified atom stereocenters. The first-order valence-corrected chi connectivity index (χ1v) is 8.17. The van der Waals surface area contributed by atoms with Gasteiger partial charge in [0, 0.05) is 33.9 Å². The van der Waals surface area contributed by atoms with Gasteiger partial charge in [-0.1, -0.05) is 6.92 Å². The van der Waals surface area contributed by atoms with Gasteiger partial charge in [-0.05, 0) is 47.6 Å². The monoisotopic (exact) mass is 425 g/mol.